The maximum atomic E-state index is 12.7. The minimum Gasteiger partial charge on any atom is -0.467 e. The molecule has 1 heterocycles. The van der Waals surface area contributed by atoms with Crippen molar-refractivity contribution in [1.82, 2.24) is 5.32 Å². The van der Waals surface area contributed by atoms with E-state index in [1.54, 1.807) is 36.6 Å². The zero-order valence-corrected chi connectivity index (χ0v) is 13.8. The number of nitrogens with one attached hydrogen (secondary N) is 1. The molecule has 1 aromatic heterocycles. The van der Waals surface area contributed by atoms with Crippen LogP contribution in [0.5, 0.6) is 0 Å². The average Bonchev–Trinajstić information content (AvgIpc) is 3.19. The summed E-state index contributed by atoms with van der Waals surface area (Å²) in [6, 6.07) is 18.8. The molecule has 1 N–H and O–H groups in total. The summed E-state index contributed by atoms with van der Waals surface area (Å²) >= 11 is 0. The summed E-state index contributed by atoms with van der Waals surface area (Å²) in [5, 5.41) is 13.6. The normalized spacial score (nSPS) is 11.2. The number of rotatable bonds is 6. The van der Waals surface area contributed by atoms with Gasteiger partial charge in [0.05, 0.1) is 17.7 Å². The van der Waals surface area contributed by atoms with Crippen LogP contribution in [0.1, 0.15) is 16.9 Å². The average molecular weight is 348 g/mol. The van der Waals surface area contributed by atoms with Crippen molar-refractivity contribution in [3.8, 4) is 0 Å². The lowest BCUT2D eigenvalue weighted by molar-refractivity contribution is -0.384. The molecule has 3 rings (SSSR count). The zero-order chi connectivity index (χ0) is 18.4. The lowest BCUT2D eigenvalue weighted by atomic mass is 10.0. The van der Waals surface area contributed by atoms with Crippen LogP contribution in [-0.2, 0) is 11.3 Å². The quantitative estimate of drug-likeness (QED) is 0.315. The van der Waals surface area contributed by atoms with Crippen LogP contribution in [-0.4, -0.2) is 10.8 Å². The lowest BCUT2D eigenvalue weighted by Gasteiger charge is -2.09. The van der Waals surface area contributed by atoms with Crippen molar-refractivity contribution >= 4 is 23.2 Å². The molecular formula is C20H16N2O4. The van der Waals surface area contributed by atoms with Gasteiger partial charge < -0.3 is 9.73 Å². The Hall–Kier alpha value is -3.67. The Kier molecular flexibility index (Phi) is 5.24. The molecule has 0 saturated carbocycles. The first-order valence-electron chi connectivity index (χ1n) is 7.95. The standard InChI is InChI=1S/C20H16N2O4/c23-20(21-14-18-7-4-12-26-18)19(16-5-2-1-3-6-16)13-15-8-10-17(11-9-15)22(24)25/h1-13H,14H2,(H,21,23)/b19-13+. The van der Waals surface area contributed by atoms with Crippen LogP contribution >= 0.6 is 0 Å². The Morgan fingerprint density at radius 3 is 2.38 bits per heavy atom. The molecule has 6 heteroatoms. The summed E-state index contributed by atoms with van der Waals surface area (Å²) in [4.78, 5) is 23.0. The summed E-state index contributed by atoms with van der Waals surface area (Å²) in [7, 11) is 0. The van der Waals surface area contributed by atoms with E-state index in [2.05, 4.69) is 5.32 Å². The summed E-state index contributed by atoms with van der Waals surface area (Å²) < 4.78 is 5.23. The van der Waals surface area contributed by atoms with Gasteiger partial charge in [-0.25, -0.2) is 0 Å². The monoisotopic (exact) mass is 348 g/mol. The van der Waals surface area contributed by atoms with Gasteiger partial charge in [0.1, 0.15) is 5.76 Å². The van der Waals surface area contributed by atoms with Gasteiger partial charge in [0.2, 0.25) is 0 Å². The van der Waals surface area contributed by atoms with Crippen molar-refractivity contribution in [2.24, 2.45) is 0 Å². The molecule has 1 amide bonds. The van der Waals surface area contributed by atoms with E-state index in [9.17, 15) is 14.9 Å². The third kappa shape index (κ3) is 4.24. The van der Waals surface area contributed by atoms with Crippen molar-refractivity contribution in [2.45, 2.75) is 6.54 Å². The lowest BCUT2D eigenvalue weighted by Crippen LogP contribution is -2.23. The van der Waals surface area contributed by atoms with Gasteiger partial charge in [-0.2, -0.15) is 0 Å². The molecule has 0 aliphatic rings. The molecule has 0 radical (unpaired) electrons. The van der Waals surface area contributed by atoms with E-state index in [1.165, 1.54) is 12.1 Å². The second-order valence-electron chi connectivity index (χ2n) is 5.53. The Morgan fingerprint density at radius 2 is 1.77 bits per heavy atom. The highest BCUT2D eigenvalue weighted by Crippen LogP contribution is 2.20. The Balaban J connectivity index is 1.87. The molecule has 0 saturated heterocycles. The first kappa shape index (κ1) is 17.2. The van der Waals surface area contributed by atoms with Gasteiger partial charge in [-0.1, -0.05) is 30.3 Å². The van der Waals surface area contributed by atoms with Crippen molar-refractivity contribution in [2.75, 3.05) is 0 Å². The molecule has 26 heavy (non-hydrogen) atoms. The molecule has 0 fully saturated rings. The largest absolute Gasteiger partial charge is 0.467 e. The van der Waals surface area contributed by atoms with Crippen LogP contribution < -0.4 is 5.32 Å². The Labute approximate surface area is 149 Å². The highest BCUT2D eigenvalue weighted by molar-refractivity contribution is 6.24. The number of furan rings is 1. The Morgan fingerprint density at radius 1 is 1.04 bits per heavy atom. The first-order chi connectivity index (χ1) is 12.6. The van der Waals surface area contributed by atoms with Gasteiger partial charge in [0.25, 0.3) is 11.6 Å². The van der Waals surface area contributed by atoms with Gasteiger partial charge >= 0.3 is 0 Å². The van der Waals surface area contributed by atoms with E-state index in [0.29, 0.717) is 16.9 Å². The minimum absolute atomic E-state index is 0.00526. The third-order valence-electron chi connectivity index (χ3n) is 3.75. The molecule has 0 atom stereocenters. The van der Waals surface area contributed by atoms with Crippen LogP contribution in [0.15, 0.2) is 77.4 Å². The van der Waals surface area contributed by atoms with E-state index < -0.39 is 4.92 Å². The van der Waals surface area contributed by atoms with E-state index in [1.807, 2.05) is 30.3 Å². The van der Waals surface area contributed by atoms with E-state index in [-0.39, 0.29) is 18.1 Å². The van der Waals surface area contributed by atoms with E-state index in [4.69, 9.17) is 4.42 Å². The summed E-state index contributed by atoms with van der Waals surface area (Å²) in [5.74, 6) is 0.395. The number of nitrogens with zero attached hydrogens (tertiary/aromatic N) is 1. The predicted molar refractivity (Wildman–Crippen MR) is 98.0 cm³/mol. The third-order valence-corrected chi connectivity index (χ3v) is 3.75. The molecule has 0 aliphatic heterocycles. The number of carbonyl (C=O) groups is 1. The van der Waals surface area contributed by atoms with Gasteiger partial charge in [-0.3, -0.25) is 14.9 Å². The van der Waals surface area contributed by atoms with Crippen molar-refractivity contribution in [3.63, 3.8) is 0 Å². The fourth-order valence-corrected chi connectivity index (χ4v) is 2.43. The molecule has 130 valence electrons. The van der Waals surface area contributed by atoms with Crippen LogP contribution in [0.3, 0.4) is 0 Å². The fraction of sp³-hybridized carbons (Fsp3) is 0.0500. The van der Waals surface area contributed by atoms with Gasteiger partial charge in [0.15, 0.2) is 0 Å². The maximum Gasteiger partial charge on any atom is 0.269 e. The summed E-state index contributed by atoms with van der Waals surface area (Å²) in [6.07, 6.45) is 3.25. The number of amides is 1. The minimum atomic E-state index is -0.457. The van der Waals surface area contributed by atoms with Gasteiger partial charge in [-0.05, 0) is 41.5 Å². The number of non-ortho nitro benzene ring substituents is 1. The number of benzene rings is 2. The summed E-state index contributed by atoms with van der Waals surface area (Å²) in [5.41, 5.74) is 1.92. The smallest absolute Gasteiger partial charge is 0.269 e. The summed E-state index contributed by atoms with van der Waals surface area (Å²) in [6.45, 7) is 0.274. The topological polar surface area (TPSA) is 85.4 Å². The Bertz CT molecular complexity index is 914. The maximum absolute atomic E-state index is 12.7. The van der Waals surface area contributed by atoms with Gasteiger partial charge in [-0.15, -0.1) is 0 Å². The van der Waals surface area contributed by atoms with E-state index in [0.717, 1.165) is 5.56 Å². The molecule has 6 nitrogen and oxygen atoms in total. The molecule has 3 aromatic rings. The first-order valence-corrected chi connectivity index (χ1v) is 7.95. The second-order valence-corrected chi connectivity index (χ2v) is 5.53. The molecular weight excluding hydrogens is 332 g/mol. The zero-order valence-electron chi connectivity index (χ0n) is 13.8. The highest BCUT2D eigenvalue weighted by Gasteiger charge is 2.13. The second kappa shape index (κ2) is 7.94. The highest BCUT2D eigenvalue weighted by atomic mass is 16.6. The van der Waals surface area contributed by atoms with Crippen molar-refractivity contribution < 1.29 is 14.1 Å². The van der Waals surface area contributed by atoms with Crippen LogP contribution in [0.25, 0.3) is 11.6 Å². The molecule has 0 aliphatic carbocycles. The predicted octanol–water partition coefficient (Wildman–Crippen LogP) is 4.04. The van der Waals surface area contributed by atoms with Gasteiger partial charge in [0, 0.05) is 17.7 Å². The van der Waals surface area contributed by atoms with Crippen LogP contribution in [0.4, 0.5) is 5.69 Å². The molecule has 2 aromatic carbocycles. The van der Waals surface area contributed by atoms with Crippen LogP contribution in [0.2, 0.25) is 0 Å². The van der Waals surface area contributed by atoms with Crippen LogP contribution in [0, 0.1) is 10.1 Å². The molecule has 0 bridgehead atoms. The van der Waals surface area contributed by atoms with Crippen molar-refractivity contribution in [3.05, 3.63) is 100.0 Å². The molecule has 0 unspecified atom stereocenters. The fourth-order valence-electron chi connectivity index (χ4n) is 2.43. The number of nitro groups is 1. The number of hydrogen-bond acceptors (Lipinski definition) is 4. The number of carbonyl (C=O) groups excluding carboxylic acids is 1. The number of nitro benzene ring substituents is 1. The molecule has 0 spiro atoms. The number of hydrogen-bond donors (Lipinski definition) is 1. The SMILES string of the molecule is O=C(NCc1ccco1)/C(=C/c1ccc([N+](=O)[O-])cc1)c1ccccc1. The van der Waals surface area contributed by atoms with Crippen molar-refractivity contribution in [1.29, 1.82) is 0 Å². The van der Waals surface area contributed by atoms with E-state index >= 15 is 0 Å².